The summed E-state index contributed by atoms with van der Waals surface area (Å²) in [7, 11) is 0. The summed E-state index contributed by atoms with van der Waals surface area (Å²) in [5.74, 6) is 0. The molecule has 470 valence electrons. The van der Waals surface area contributed by atoms with Crippen molar-refractivity contribution in [1.82, 2.24) is 9.13 Å². The predicted molar refractivity (Wildman–Crippen MR) is 418 cm³/mol. The fourth-order valence-corrected chi connectivity index (χ4v) is 15.1. The van der Waals surface area contributed by atoms with Gasteiger partial charge >= 0.3 is 0 Å². The topological polar surface area (TPSA) is 40.1 Å². The third kappa shape index (κ3) is 9.82. The van der Waals surface area contributed by atoms with E-state index in [1.807, 2.05) is 103 Å². The molecular weight excluding hydrogens is 1200 g/mol. The van der Waals surface area contributed by atoms with E-state index in [1.165, 1.54) is 0 Å². The number of nitriles is 1. The summed E-state index contributed by atoms with van der Waals surface area (Å²) in [5, 5.41) is 13.9. The number of anilines is 6. The average Bonchev–Trinajstić information content (AvgIpc) is 1.30. The highest BCUT2D eigenvalue weighted by Gasteiger charge is 2.45. The lowest BCUT2D eigenvalue weighted by atomic mass is 9.33. The highest BCUT2D eigenvalue weighted by atomic mass is 15.2. The fourth-order valence-electron chi connectivity index (χ4n) is 15.1. The maximum Gasteiger partial charge on any atom is 0.252 e. The first-order valence-corrected chi connectivity index (χ1v) is 33.4. The number of hydrogen-bond acceptors (Lipinski definition) is 3. The molecule has 18 rings (SSSR count). The molecule has 0 aliphatic carbocycles. The maximum absolute atomic E-state index is 12.0. The first-order valence-electron chi connectivity index (χ1n) is 39.9. The first-order chi connectivity index (χ1) is 53.7. The van der Waals surface area contributed by atoms with E-state index in [0.717, 1.165) is 88.4 Å². The Morgan fingerprint density at radius 3 is 1.38 bits per heavy atom. The zero-order chi connectivity index (χ0) is 78.2. The Morgan fingerprint density at radius 1 is 0.323 bits per heavy atom. The van der Waals surface area contributed by atoms with Gasteiger partial charge in [0, 0.05) is 55.7 Å². The van der Waals surface area contributed by atoms with Crippen LogP contribution in [0, 0.1) is 11.3 Å². The van der Waals surface area contributed by atoms with E-state index in [4.69, 9.17) is 4.11 Å². The normalized spacial score (nSPS) is 14.5. The first kappa shape index (κ1) is 46.9. The van der Waals surface area contributed by atoms with Crippen LogP contribution in [0.3, 0.4) is 0 Å². The summed E-state index contributed by atoms with van der Waals surface area (Å²) >= 11 is 0. The largest absolute Gasteiger partial charge is 0.311 e. The van der Waals surface area contributed by atoms with Gasteiger partial charge in [-0.3, -0.25) is 0 Å². The van der Waals surface area contributed by atoms with Crippen LogP contribution in [-0.4, -0.2) is 15.8 Å². The molecule has 0 bridgehead atoms. The molecule has 2 aromatic heterocycles. The smallest absolute Gasteiger partial charge is 0.252 e. The zero-order valence-corrected chi connectivity index (χ0v) is 55.3. The minimum Gasteiger partial charge on any atom is -0.311 e. The molecule has 4 heterocycles. The molecule has 14 aromatic carbocycles. The molecule has 2 aliphatic heterocycles. The number of rotatable bonds is 9. The van der Waals surface area contributed by atoms with Gasteiger partial charge in [0.05, 0.1) is 56.8 Å². The van der Waals surface area contributed by atoms with Crippen LogP contribution < -0.4 is 26.2 Å². The Kier molecular flexibility index (Phi) is 10.9. The van der Waals surface area contributed by atoms with Gasteiger partial charge in [-0.25, -0.2) is 0 Å². The van der Waals surface area contributed by atoms with Crippen LogP contribution in [0.25, 0.3) is 111 Å². The van der Waals surface area contributed by atoms with E-state index in [2.05, 4.69) is 183 Å². The molecule has 0 saturated carbocycles. The third-order valence-corrected chi connectivity index (χ3v) is 19.9. The summed E-state index contributed by atoms with van der Waals surface area (Å²) in [6, 6.07) is 75.9. The molecule has 0 saturated heterocycles. The Bertz CT molecular complexity index is 6560. The van der Waals surface area contributed by atoms with Gasteiger partial charge < -0.3 is 18.9 Å². The standard InChI is InChI=1S/C93H70BN5/c1-92(2,3)69-49-68(50-70(55-69)93(4,5)6)63-43-46-81-88(53-63)99(86-56-71(45-42-65(86)59-95)96-82-38-22-18-34-76(82)77-35-19-23-39-83(77)96)90-58-73(97-84-40-24-20-36-78(84)79-37-21-25-41-85(79)97)57-89-91(90)94(81)80-47-44-64(75-33-17-16-32-74(75)62-30-14-9-15-31-62)54-87(80)98(89)72-51-66(60-26-10-7-11-27-60)48-67(52-72)61-28-12-8-13-29-61/h7-58H,1-6H3/i9D,14D,15D,20D,21D,24D,25D,30D,31D,36D,37D,40D,41D. The van der Waals surface area contributed by atoms with E-state index in [0.29, 0.717) is 56.4 Å². The maximum atomic E-state index is 12.0. The quantitative estimate of drug-likeness (QED) is 0.135. The predicted octanol–water partition coefficient (Wildman–Crippen LogP) is 22.8. The number of nitrogens with zero attached hydrogens (tertiary/aromatic N) is 5. The van der Waals surface area contributed by atoms with Crippen LogP contribution in [0.5, 0.6) is 0 Å². The van der Waals surface area contributed by atoms with Crippen molar-refractivity contribution in [1.29, 1.82) is 5.26 Å². The van der Waals surface area contributed by atoms with Crippen molar-refractivity contribution in [2.45, 2.75) is 52.4 Å². The molecule has 5 nitrogen and oxygen atoms in total. The second-order valence-corrected chi connectivity index (χ2v) is 27.9. The van der Waals surface area contributed by atoms with Crippen molar-refractivity contribution in [3.8, 4) is 73.1 Å². The van der Waals surface area contributed by atoms with E-state index < -0.39 is 73.2 Å². The number of hydrogen-bond donors (Lipinski definition) is 0. The Hall–Kier alpha value is -12.2. The van der Waals surface area contributed by atoms with Crippen molar-refractivity contribution in [2.75, 3.05) is 9.80 Å². The summed E-state index contributed by atoms with van der Waals surface area (Å²) in [6.45, 7) is 12.6. The minimum absolute atomic E-state index is 0.0275. The second-order valence-electron chi connectivity index (χ2n) is 27.9. The molecule has 0 unspecified atom stereocenters. The lowest BCUT2D eigenvalue weighted by Gasteiger charge is -2.45. The van der Waals surface area contributed by atoms with Gasteiger partial charge in [0.2, 0.25) is 0 Å². The van der Waals surface area contributed by atoms with Gasteiger partial charge in [0.15, 0.2) is 0 Å². The van der Waals surface area contributed by atoms with Crippen LogP contribution in [0.2, 0.25) is 0 Å². The van der Waals surface area contributed by atoms with Crippen LogP contribution in [-0.2, 0) is 10.8 Å². The van der Waals surface area contributed by atoms with Gasteiger partial charge in [-0.2, -0.15) is 5.26 Å². The van der Waals surface area contributed by atoms with Gasteiger partial charge in [-0.1, -0.05) is 272 Å². The minimum atomic E-state index is -0.688. The van der Waals surface area contributed by atoms with Crippen LogP contribution in [0.4, 0.5) is 34.1 Å². The number of aromatic nitrogens is 2. The number of fused-ring (bicyclic) bond motifs is 10. The lowest BCUT2D eigenvalue weighted by Crippen LogP contribution is -2.61. The van der Waals surface area contributed by atoms with Crippen molar-refractivity contribution in [3.05, 3.63) is 332 Å². The molecule has 0 fully saturated rings. The van der Waals surface area contributed by atoms with Crippen molar-refractivity contribution >= 4 is 101 Å². The van der Waals surface area contributed by atoms with E-state index >= 15 is 0 Å². The van der Waals surface area contributed by atoms with E-state index in [1.54, 1.807) is 16.7 Å². The van der Waals surface area contributed by atoms with Gasteiger partial charge in [0.1, 0.15) is 6.07 Å². The monoisotopic (exact) mass is 1280 g/mol. The van der Waals surface area contributed by atoms with E-state index in [9.17, 15) is 19.0 Å². The Morgan fingerprint density at radius 2 is 0.798 bits per heavy atom. The summed E-state index contributed by atoms with van der Waals surface area (Å²) in [5.41, 5.74) is 17.7. The molecule has 99 heavy (non-hydrogen) atoms. The molecule has 0 amide bonds. The summed E-state index contributed by atoms with van der Waals surface area (Å²) in [4.78, 5) is 4.33. The molecule has 0 spiro atoms. The van der Waals surface area contributed by atoms with Crippen molar-refractivity contribution < 1.29 is 17.8 Å². The second kappa shape index (κ2) is 23.0. The highest BCUT2D eigenvalue weighted by molar-refractivity contribution is 7.00. The number of benzene rings is 14. The molecule has 2 aliphatic rings. The molecule has 0 radical (unpaired) electrons. The molecule has 0 N–H and O–H groups in total. The van der Waals surface area contributed by atoms with E-state index in [-0.39, 0.29) is 56.0 Å². The Labute approximate surface area is 597 Å². The van der Waals surface area contributed by atoms with Crippen molar-refractivity contribution in [2.24, 2.45) is 0 Å². The highest BCUT2D eigenvalue weighted by Crippen LogP contribution is 2.51. The third-order valence-electron chi connectivity index (χ3n) is 19.9. The zero-order valence-electron chi connectivity index (χ0n) is 68.3. The number of para-hydroxylation sites is 4. The van der Waals surface area contributed by atoms with Gasteiger partial charge in [0.25, 0.3) is 6.71 Å². The molecule has 6 heteroatoms. The summed E-state index contributed by atoms with van der Waals surface area (Å²) in [6.07, 6.45) is 0. The molecule has 0 atom stereocenters. The average molecular weight is 1280 g/mol. The Balaban J connectivity index is 1.04. The van der Waals surface area contributed by atoms with Gasteiger partial charge in [-0.05, 0) is 179 Å². The lowest BCUT2D eigenvalue weighted by molar-refractivity contribution is 0.569. The SMILES string of the molecule is [2H]c1c([2H])c([2H])c(-c2ccccc2-c2ccc3c(c2)N(c2cc(-c4ccccc4)cc(-c4ccccc4)c2)c2cc(-n4c5c([2H])c([2H])c([2H])c([2H])c5c5c([2H])c([2H])c([2H])c([2H])c54)cc4c2B3c2ccc(-c3cc(C(C)(C)C)cc(C(C)(C)C)c3)cc2N4c2cc(-n3c4ccccc4c4ccccc43)ccc2C#N)c([2H])c1[2H]. The van der Waals surface area contributed by atoms with Crippen molar-refractivity contribution in [3.63, 3.8) is 0 Å². The molecule has 16 aromatic rings. The molecular formula is C93H70BN5. The van der Waals surface area contributed by atoms with Crippen LogP contribution >= 0.6 is 0 Å². The van der Waals surface area contributed by atoms with Gasteiger partial charge in [-0.15, -0.1) is 0 Å². The fraction of sp³-hybridized carbons (Fsp3) is 0.0860. The van der Waals surface area contributed by atoms with Crippen LogP contribution in [0.15, 0.2) is 315 Å². The van der Waals surface area contributed by atoms with Crippen LogP contribution in [0.1, 0.15) is 76.1 Å². The summed E-state index contributed by atoms with van der Waals surface area (Å²) < 4.78 is 126.